The smallest absolute Gasteiger partial charge is 0.228 e. The molecule has 1 amide bonds. The Bertz CT molecular complexity index is 623. The Hall–Kier alpha value is -1.02. The highest BCUT2D eigenvalue weighted by atomic mass is 79.9. The third-order valence-corrected chi connectivity index (χ3v) is 5.48. The number of ether oxygens (including phenoxy) is 3. The number of benzene rings is 1. The number of carbonyl (C=O) groups excluding carboxylic acids is 1. The van der Waals surface area contributed by atoms with Crippen LogP contribution in [-0.2, 0) is 9.53 Å². The van der Waals surface area contributed by atoms with E-state index in [-0.39, 0.29) is 24.4 Å². The van der Waals surface area contributed by atoms with Crippen LogP contribution >= 0.6 is 28.3 Å². The van der Waals surface area contributed by atoms with Gasteiger partial charge < -0.3 is 25.3 Å². The minimum atomic E-state index is -0.535. The molecule has 2 heterocycles. The predicted molar refractivity (Wildman–Crippen MR) is 100 cm³/mol. The molecule has 2 aliphatic rings. The minimum Gasteiger partial charge on any atom is -0.486 e. The second-order valence-corrected chi connectivity index (χ2v) is 7.16. The van der Waals surface area contributed by atoms with E-state index < -0.39 is 5.41 Å². The van der Waals surface area contributed by atoms with Crippen LogP contribution in [-0.4, -0.2) is 38.9 Å². The van der Waals surface area contributed by atoms with Crippen LogP contribution in [0.3, 0.4) is 0 Å². The van der Waals surface area contributed by atoms with Crippen molar-refractivity contribution in [2.24, 2.45) is 11.1 Å². The fourth-order valence-electron chi connectivity index (χ4n) is 3.13. The summed E-state index contributed by atoms with van der Waals surface area (Å²) in [6, 6.07) is 3.64. The number of carbonyl (C=O) groups is 1. The van der Waals surface area contributed by atoms with E-state index in [0.717, 1.165) is 15.8 Å². The van der Waals surface area contributed by atoms with E-state index in [2.05, 4.69) is 21.2 Å². The number of hydrogen-bond donors (Lipinski definition) is 2. The molecule has 0 radical (unpaired) electrons. The molecule has 140 valence electrons. The Balaban J connectivity index is 0.00000225. The lowest BCUT2D eigenvalue weighted by molar-refractivity contribution is -0.136. The zero-order chi connectivity index (χ0) is 17.2. The number of hydrogen-bond acceptors (Lipinski definition) is 5. The monoisotopic (exact) mass is 434 g/mol. The number of amides is 1. The largest absolute Gasteiger partial charge is 0.486 e. The van der Waals surface area contributed by atoms with Crippen molar-refractivity contribution >= 4 is 34.2 Å². The van der Waals surface area contributed by atoms with Gasteiger partial charge in [-0.1, -0.05) is 15.9 Å². The summed E-state index contributed by atoms with van der Waals surface area (Å²) in [5.41, 5.74) is 6.33. The standard InChI is InChI=1S/C17H23BrN2O4.ClH/c1-11(20-16(21)17(10-19)2-4-22-5-3-17)12-8-14-15(9-13(12)18)24-7-6-23-14;/h8-9,11H,2-7,10,19H2,1H3,(H,20,21);1H. The van der Waals surface area contributed by atoms with Crippen molar-refractivity contribution < 1.29 is 19.0 Å². The summed E-state index contributed by atoms with van der Waals surface area (Å²) in [6.07, 6.45) is 1.31. The Labute approximate surface area is 162 Å². The zero-order valence-electron chi connectivity index (χ0n) is 14.2. The van der Waals surface area contributed by atoms with E-state index in [0.29, 0.717) is 51.6 Å². The van der Waals surface area contributed by atoms with Crippen LogP contribution in [0, 0.1) is 5.41 Å². The maximum absolute atomic E-state index is 12.8. The van der Waals surface area contributed by atoms with Crippen LogP contribution in [0.15, 0.2) is 16.6 Å². The molecule has 25 heavy (non-hydrogen) atoms. The van der Waals surface area contributed by atoms with Gasteiger partial charge in [-0.25, -0.2) is 0 Å². The number of rotatable bonds is 4. The summed E-state index contributed by atoms with van der Waals surface area (Å²) >= 11 is 3.56. The summed E-state index contributed by atoms with van der Waals surface area (Å²) in [5.74, 6) is 1.42. The maximum Gasteiger partial charge on any atom is 0.228 e. The predicted octanol–water partition coefficient (Wildman–Crippen LogP) is 2.57. The number of nitrogens with one attached hydrogen (secondary N) is 1. The molecule has 0 spiro atoms. The SMILES string of the molecule is CC(NC(=O)C1(CN)CCOCC1)c1cc2c(cc1Br)OCCO2.Cl. The third kappa shape index (κ3) is 4.22. The first-order chi connectivity index (χ1) is 11.6. The van der Waals surface area contributed by atoms with Crippen LogP contribution in [0.1, 0.15) is 31.4 Å². The molecule has 0 bridgehead atoms. The topological polar surface area (TPSA) is 82.8 Å². The second-order valence-electron chi connectivity index (χ2n) is 6.31. The fourth-order valence-corrected chi connectivity index (χ4v) is 3.79. The summed E-state index contributed by atoms with van der Waals surface area (Å²) in [4.78, 5) is 12.8. The Morgan fingerprint density at radius 1 is 1.24 bits per heavy atom. The fraction of sp³-hybridized carbons (Fsp3) is 0.588. The molecule has 1 unspecified atom stereocenters. The highest BCUT2D eigenvalue weighted by Gasteiger charge is 2.39. The van der Waals surface area contributed by atoms with E-state index in [4.69, 9.17) is 19.9 Å². The first-order valence-electron chi connectivity index (χ1n) is 8.23. The van der Waals surface area contributed by atoms with Crippen LogP contribution in [0.2, 0.25) is 0 Å². The molecular formula is C17H24BrClN2O4. The summed E-state index contributed by atoms with van der Waals surface area (Å²) < 4.78 is 17.5. The molecule has 3 rings (SSSR count). The van der Waals surface area contributed by atoms with Gasteiger partial charge in [-0.05, 0) is 37.5 Å². The molecule has 2 aliphatic heterocycles. The Morgan fingerprint density at radius 3 is 2.44 bits per heavy atom. The molecule has 1 fully saturated rings. The van der Waals surface area contributed by atoms with Crippen LogP contribution in [0.25, 0.3) is 0 Å². The van der Waals surface area contributed by atoms with Crippen LogP contribution in [0.4, 0.5) is 0 Å². The zero-order valence-corrected chi connectivity index (χ0v) is 16.6. The van der Waals surface area contributed by atoms with E-state index in [1.165, 1.54) is 0 Å². The molecule has 8 heteroatoms. The molecular weight excluding hydrogens is 412 g/mol. The average Bonchev–Trinajstić information content (AvgIpc) is 2.61. The van der Waals surface area contributed by atoms with Gasteiger partial charge in [0, 0.05) is 24.2 Å². The van der Waals surface area contributed by atoms with Gasteiger partial charge in [-0.2, -0.15) is 0 Å². The van der Waals surface area contributed by atoms with Crippen molar-refractivity contribution in [1.82, 2.24) is 5.32 Å². The maximum atomic E-state index is 12.8. The molecule has 0 aromatic heterocycles. The van der Waals surface area contributed by atoms with Crippen molar-refractivity contribution in [3.8, 4) is 11.5 Å². The van der Waals surface area contributed by atoms with Gasteiger partial charge in [-0.15, -0.1) is 12.4 Å². The van der Waals surface area contributed by atoms with Gasteiger partial charge in [0.15, 0.2) is 11.5 Å². The molecule has 1 aromatic carbocycles. The lowest BCUT2D eigenvalue weighted by atomic mass is 9.79. The van der Waals surface area contributed by atoms with Gasteiger partial charge >= 0.3 is 0 Å². The quantitative estimate of drug-likeness (QED) is 0.759. The molecule has 0 saturated carbocycles. The van der Waals surface area contributed by atoms with Crippen molar-refractivity contribution in [2.75, 3.05) is 33.0 Å². The first kappa shape index (κ1) is 20.3. The molecule has 6 nitrogen and oxygen atoms in total. The van der Waals surface area contributed by atoms with Crippen molar-refractivity contribution in [3.63, 3.8) is 0 Å². The van der Waals surface area contributed by atoms with Crippen LogP contribution in [0.5, 0.6) is 11.5 Å². The summed E-state index contributed by atoms with van der Waals surface area (Å²) in [6.45, 7) is 4.52. The van der Waals surface area contributed by atoms with E-state index >= 15 is 0 Å². The molecule has 3 N–H and O–H groups in total. The molecule has 0 aliphatic carbocycles. The van der Waals surface area contributed by atoms with Crippen LogP contribution < -0.4 is 20.5 Å². The number of halogens is 2. The summed E-state index contributed by atoms with van der Waals surface area (Å²) in [5, 5.41) is 3.10. The van der Waals surface area contributed by atoms with Crippen molar-refractivity contribution in [1.29, 1.82) is 0 Å². The molecule has 1 saturated heterocycles. The third-order valence-electron chi connectivity index (χ3n) is 4.80. The lowest BCUT2D eigenvalue weighted by Crippen LogP contribution is -2.49. The normalized spacial score (nSPS) is 19.5. The highest BCUT2D eigenvalue weighted by Crippen LogP contribution is 2.38. The van der Waals surface area contributed by atoms with Gasteiger partial charge in [0.05, 0.1) is 11.5 Å². The number of nitrogens with two attached hydrogens (primary N) is 1. The van der Waals surface area contributed by atoms with Gasteiger partial charge in [0.25, 0.3) is 0 Å². The van der Waals surface area contributed by atoms with Crippen molar-refractivity contribution in [3.05, 3.63) is 22.2 Å². The highest BCUT2D eigenvalue weighted by molar-refractivity contribution is 9.10. The molecule has 1 atom stereocenters. The Morgan fingerprint density at radius 2 is 1.84 bits per heavy atom. The van der Waals surface area contributed by atoms with Gasteiger partial charge in [0.2, 0.25) is 5.91 Å². The second kappa shape index (κ2) is 8.58. The lowest BCUT2D eigenvalue weighted by Gasteiger charge is -2.35. The minimum absolute atomic E-state index is 0. The van der Waals surface area contributed by atoms with E-state index in [1.807, 2.05) is 19.1 Å². The van der Waals surface area contributed by atoms with Gasteiger partial charge in [-0.3, -0.25) is 4.79 Å². The van der Waals surface area contributed by atoms with Gasteiger partial charge in [0.1, 0.15) is 13.2 Å². The van der Waals surface area contributed by atoms with E-state index in [1.54, 1.807) is 0 Å². The average molecular weight is 436 g/mol. The van der Waals surface area contributed by atoms with E-state index in [9.17, 15) is 4.79 Å². The first-order valence-corrected chi connectivity index (χ1v) is 9.03. The summed E-state index contributed by atoms with van der Waals surface area (Å²) in [7, 11) is 0. The van der Waals surface area contributed by atoms with Crippen molar-refractivity contribution in [2.45, 2.75) is 25.8 Å². The number of fused-ring (bicyclic) bond motifs is 1. The molecule has 1 aromatic rings. The Kier molecular flexibility index (Phi) is 6.96.